The van der Waals surface area contributed by atoms with Gasteiger partial charge in [0.15, 0.2) is 5.69 Å². The number of carbonyl (C=O) groups excluding carboxylic acids is 1. The number of rotatable bonds is 3. The topological polar surface area (TPSA) is 70.1 Å². The van der Waals surface area contributed by atoms with Gasteiger partial charge in [-0.15, -0.1) is 11.3 Å². The number of hydrogen-bond donors (Lipinski definition) is 1. The number of nitrogen functional groups attached to an aromatic ring is 1. The molecule has 2 heterocycles. The molecule has 0 saturated heterocycles. The summed E-state index contributed by atoms with van der Waals surface area (Å²) in [5.74, 6) is -0.462. The minimum absolute atomic E-state index is 0.223. The van der Waals surface area contributed by atoms with Crippen molar-refractivity contribution >= 4 is 38.9 Å². The minimum Gasteiger partial charge on any atom is -0.455 e. The molecule has 0 unspecified atom stereocenters. The number of aryl methyl sites for hydroxylation is 2. The average Bonchev–Trinajstić information content (AvgIpc) is 2.81. The minimum atomic E-state index is -0.462. The number of halogens is 1. The van der Waals surface area contributed by atoms with Crippen LogP contribution in [0.1, 0.15) is 21.1 Å². The Labute approximate surface area is 117 Å². The number of thiophene rings is 1. The third-order valence-corrected chi connectivity index (χ3v) is 4.39. The Balaban J connectivity index is 2.11. The quantitative estimate of drug-likeness (QED) is 0.878. The van der Waals surface area contributed by atoms with E-state index in [4.69, 9.17) is 10.5 Å². The molecule has 7 heteroatoms. The maximum absolute atomic E-state index is 11.9. The van der Waals surface area contributed by atoms with Gasteiger partial charge < -0.3 is 10.5 Å². The maximum atomic E-state index is 11.9. The lowest BCUT2D eigenvalue weighted by atomic mass is 10.3. The fourth-order valence-electron chi connectivity index (χ4n) is 1.54. The second kappa shape index (κ2) is 5.11. The van der Waals surface area contributed by atoms with Crippen LogP contribution in [0, 0.1) is 6.92 Å². The zero-order valence-corrected chi connectivity index (χ0v) is 12.3. The second-order valence-electron chi connectivity index (χ2n) is 3.74. The number of nitrogens with two attached hydrogens (primary N) is 1. The molecule has 2 N–H and O–H groups in total. The molecule has 0 aliphatic heterocycles. The SMILES string of the molecule is Cc1nn(C)c(C(=O)OCc2sccc2Br)c1N. The lowest BCUT2D eigenvalue weighted by Gasteiger charge is -2.05. The van der Waals surface area contributed by atoms with Gasteiger partial charge in [0.05, 0.1) is 16.3 Å². The van der Waals surface area contributed by atoms with Crippen molar-refractivity contribution in [2.45, 2.75) is 13.5 Å². The zero-order valence-electron chi connectivity index (χ0n) is 9.94. The van der Waals surface area contributed by atoms with E-state index in [9.17, 15) is 4.79 Å². The number of nitrogens with zero attached hydrogens (tertiary/aromatic N) is 2. The molecule has 0 bridgehead atoms. The summed E-state index contributed by atoms with van der Waals surface area (Å²) in [4.78, 5) is 12.9. The predicted molar refractivity (Wildman–Crippen MR) is 73.5 cm³/mol. The largest absolute Gasteiger partial charge is 0.455 e. The van der Waals surface area contributed by atoms with E-state index in [1.807, 2.05) is 11.4 Å². The normalized spacial score (nSPS) is 10.6. The number of esters is 1. The first-order valence-electron chi connectivity index (χ1n) is 5.18. The molecule has 0 fully saturated rings. The summed E-state index contributed by atoms with van der Waals surface area (Å²) < 4.78 is 7.61. The van der Waals surface area contributed by atoms with Gasteiger partial charge in [-0.1, -0.05) is 0 Å². The molecular weight excluding hydrogens is 318 g/mol. The van der Waals surface area contributed by atoms with E-state index in [2.05, 4.69) is 21.0 Å². The van der Waals surface area contributed by atoms with Crippen molar-refractivity contribution in [3.05, 3.63) is 32.2 Å². The Morgan fingerprint density at radius 2 is 2.39 bits per heavy atom. The number of aromatic nitrogens is 2. The van der Waals surface area contributed by atoms with Gasteiger partial charge in [0.2, 0.25) is 0 Å². The molecule has 0 aliphatic rings. The van der Waals surface area contributed by atoms with E-state index in [-0.39, 0.29) is 6.61 Å². The number of hydrogen-bond acceptors (Lipinski definition) is 5. The van der Waals surface area contributed by atoms with Gasteiger partial charge in [0, 0.05) is 11.5 Å². The van der Waals surface area contributed by atoms with E-state index >= 15 is 0 Å². The first-order chi connectivity index (χ1) is 8.50. The van der Waals surface area contributed by atoms with Crippen molar-refractivity contribution in [1.29, 1.82) is 0 Å². The smallest absolute Gasteiger partial charge is 0.359 e. The van der Waals surface area contributed by atoms with E-state index in [1.165, 1.54) is 16.0 Å². The van der Waals surface area contributed by atoms with Gasteiger partial charge in [-0.3, -0.25) is 4.68 Å². The van der Waals surface area contributed by atoms with Crippen molar-refractivity contribution in [1.82, 2.24) is 9.78 Å². The molecule has 0 aliphatic carbocycles. The lowest BCUT2D eigenvalue weighted by Crippen LogP contribution is -2.12. The van der Waals surface area contributed by atoms with Crippen LogP contribution in [0.15, 0.2) is 15.9 Å². The van der Waals surface area contributed by atoms with E-state index in [0.717, 1.165) is 9.35 Å². The monoisotopic (exact) mass is 329 g/mol. The standard InChI is InChI=1S/C11H12BrN3O2S/c1-6-9(13)10(15(2)14-6)11(16)17-5-8-7(12)3-4-18-8/h3-4H,5,13H2,1-2H3. The molecule has 5 nitrogen and oxygen atoms in total. The van der Waals surface area contributed by atoms with Crippen molar-refractivity contribution in [3.8, 4) is 0 Å². The van der Waals surface area contributed by atoms with Crippen LogP contribution in [0.2, 0.25) is 0 Å². The summed E-state index contributed by atoms with van der Waals surface area (Å²) in [7, 11) is 1.67. The summed E-state index contributed by atoms with van der Waals surface area (Å²) in [5, 5.41) is 6.00. The molecular formula is C11H12BrN3O2S. The Bertz CT molecular complexity index is 591. The Morgan fingerprint density at radius 3 is 2.89 bits per heavy atom. The van der Waals surface area contributed by atoms with Crippen molar-refractivity contribution < 1.29 is 9.53 Å². The number of carbonyl (C=O) groups is 1. The van der Waals surface area contributed by atoms with Gasteiger partial charge in [-0.05, 0) is 34.3 Å². The van der Waals surface area contributed by atoms with Crippen LogP contribution in [0.4, 0.5) is 5.69 Å². The molecule has 0 amide bonds. The van der Waals surface area contributed by atoms with Gasteiger partial charge in [0.25, 0.3) is 0 Å². The fourth-order valence-corrected chi connectivity index (χ4v) is 2.92. The third-order valence-electron chi connectivity index (χ3n) is 2.49. The zero-order chi connectivity index (χ0) is 13.3. The summed E-state index contributed by atoms with van der Waals surface area (Å²) in [6, 6.07) is 1.91. The van der Waals surface area contributed by atoms with Crippen LogP contribution in [0.3, 0.4) is 0 Å². The molecule has 0 atom stereocenters. The highest BCUT2D eigenvalue weighted by molar-refractivity contribution is 9.10. The molecule has 18 heavy (non-hydrogen) atoms. The highest BCUT2D eigenvalue weighted by Crippen LogP contribution is 2.24. The summed E-state index contributed by atoms with van der Waals surface area (Å²) >= 11 is 4.91. The van der Waals surface area contributed by atoms with E-state index in [1.54, 1.807) is 14.0 Å². The van der Waals surface area contributed by atoms with Gasteiger partial charge >= 0.3 is 5.97 Å². The van der Waals surface area contributed by atoms with Crippen LogP contribution in [0.25, 0.3) is 0 Å². The maximum Gasteiger partial charge on any atom is 0.359 e. The number of anilines is 1. The summed E-state index contributed by atoms with van der Waals surface area (Å²) in [6.45, 7) is 1.97. The molecule has 2 rings (SSSR count). The molecule has 2 aromatic heterocycles. The van der Waals surface area contributed by atoms with Crippen molar-refractivity contribution in [2.75, 3.05) is 5.73 Å². The molecule has 0 aromatic carbocycles. The number of ether oxygens (including phenoxy) is 1. The summed E-state index contributed by atoms with van der Waals surface area (Å²) in [5.41, 5.74) is 7.08. The fraction of sp³-hybridized carbons (Fsp3) is 0.273. The van der Waals surface area contributed by atoms with Crippen LogP contribution in [-0.4, -0.2) is 15.7 Å². The van der Waals surface area contributed by atoms with Crippen molar-refractivity contribution in [3.63, 3.8) is 0 Å². The second-order valence-corrected chi connectivity index (χ2v) is 5.59. The lowest BCUT2D eigenvalue weighted by molar-refractivity contribution is 0.0464. The average molecular weight is 330 g/mol. The first-order valence-corrected chi connectivity index (χ1v) is 6.86. The van der Waals surface area contributed by atoms with Crippen LogP contribution in [-0.2, 0) is 18.4 Å². The van der Waals surface area contributed by atoms with Gasteiger partial charge in [-0.25, -0.2) is 4.79 Å². The Morgan fingerprint density at radius 1 is 1.67 bits per heavy atom. The molecule has 0 spiro atoms. The summed E-state index contributed by atoms with van der Waals surface area (Å²) in [6.07, 6.45) is 0. The van der Waals surface area contributed by atoms with Gasteiger partial charge in [0.1, 0.15) is 6.61 Å². The predicted octanol–water partition coefficient (Wildman–Crippen LogP) is 2.49. The molecule has 0 radical (unpaired) electrons. The highest BCUT2D eigenvalue weighted by atomic mass is 79.9. The molecule has 2 aromatic rings. The Kier molecular flexibility index (Phi) is 3.72. The molecule has 0 saturated carbocycles. The van der Waals surface area contributed by atoms with Crippen molar-refractivity contribution in [2.24, 2.45) is 7.05 Å². The van der Waals surface area contributed by atoms with E-state index < -0.39 is 5.97 Å². The van der Waals surface area contributed by atoms with Crippen LogP contribution < -0.4 is 5.73 Å². The van der Waals surface area contributed by atoms with Crippen LogP contribution >= 0.6 is 27.3 Å². The highest BCUT2D eigenvalue weighted by Gasteiger charge is 2.19. The van der Waals surface area contributed by atoms with Crippen LogP contribution in [0.5, 0.6) is 0 Å². The van der Waals surface area contributed by atoms with Gasteiger partial charge in [-0.2, -0.15) is 5.10 Å². The first kappa shape index (κ1) is 13.1. The molecule has 96 valence electrons. The Hall–Kier alpha value is -1.34. The third kappa shape index (κ3) is 2.41. The van der Waals surface area contributed by atoms with E-state index in [0.29, 0.717) is 17.1 Å².